The highest BCUT2D eigenvalue weighted by molar-refractivity contribution is 5.87. The summed E-state index contributed by atoms with van der Waals surface area (Å²) >= 11 is 0. The lowest BCUT2D eigenvalue weighted by atomic mass is 10.3. The summed E-state index contributed by atoms with van der Waals surface area (Å²) in [5.41, 5.74) is 0.419. The molecule has 0 N–H and O–H groups in total. The van der Waals surface area contributed by atoms with Crippen LogP contribution < -0.4 is 9.47 Å². The molecule has 0 saturated carbocycles. The van der Waals surface area contributed by atoms with Gasteiger partial charge in [-0.05, 0) is 38.1 Å². The molecule has 1 aromatic carbocycles. The third kappa shape index (κ3) is 4.18. The Morgan fingerprint density at radius 3 is 2.35 bits per heavy atom. The fourth-order valence-corrected chi connectivity index (χ4v) is 1.10. The second-order valence-electron chi connectivity index (χ2n) is 3.31. The van der Waals surface area contributed by atoms with Gasteiger partial charge in [0.2, 0.25) is 0 Å². The number of hydrogen-bond acceptors (Lipinski definition) is 4. The van der Waals surface area contributed by atoms with Crippen molar-refractivity contribution < 1.29 is 19.0 Å². The molecule has 1 aromatic rings. The van der Waals surface area contributed by atoms with Crippen LogP contribution in [0.1, 0.15) is 13.8 Å². The van der Waals surface area contributed by atoms with Crippen molar-refractivity contribution in [2.75, 3.05) is 13.7 Å². The standard InChI is InChI=1S/C13H16O4/c1-4-16-13(14)10(2)9-17-12-7-5-11(15-3)6-8-12/h5-9H,4H2,1-3H3/b10-9+. The number of carbonyl (C=O) groups excluding carboxylic acids is 1. The average Bonchev–Trinajstić information content (AvgIpc) is 2.36. The highest BCUT2D eigenvalue weighted by Gasteiger charge is 2.04. The van der Waals surface area contributed by atoms with E-state index in [1.807, 2.05) is 0 Å². The molecule has 17 heavy (non-hydrogen) atoms. The zero-order chi connectivity index (χ0) is 12.7. The molecule has 0 amide bonds. The summed E-state index contributed by atoms with van der Waals surface area (Å²) in [5, 5.41) is 0. The number of carbonyl (C=O) groups is 1. The van der Waals surface area contributed by atoms with E-state index in [0.717, 1.165) is 5.75 Å². The van der Waals surface area contributed by atoms with Crippen molar-refractivity contribution >= 4 is 5.97 Å². The molecule has 0 aliphatic heterocycles. The van der Waals surface area contributed by atoms with Gasteiger partial charge in [-0.1, -0.05) is 0 Å². The molecule has 0 bridgehead atoms. The van der Waals surface area contributed by atoms with Crippen molar-refractivity contribution in [2.45, 2.75) is 13.8 Å². The van der Waals surface area contributed by atoms with Crippen LogP contribution in [0.15, 0.2) is 36.1 Å². The lowest BCUT2D eigenvalue weighted by Gasteiger charge is -2.04. The van der Waals surface area contributed by atoms with E-state index in [9.17, 15) is 4.79 Å². The van der Waals surface area contributed by atoms with E-state index in [2.05, 4.69) is 0 Å². The minimum atomic E-state index is -0.374. The number of hydrogen-bond donors (Lipinski definition) is 0. The molecular weight excluding hydrogens is 220 g/mol. The quantitative estimate of drug-likeness (QED) is 0.447. The predicted octanol–water partition coefficient (Wildman–Crippen LogP) is 2.54. The first-order valence-electron chi connectivity index (χ1n) is 5.32. The fraction of sp³-hybridized carbons (Fsp3) is 0.308. The van der Waals surface area contributed by atoms with Crippen LogP contribution in [0.3, 0.4) is 0 Å². The van der Waals surface area contributed by atoms with Gasteiger partial charge >= 0.3 is 5.97 Å². The fourth-order valence-electron chi connectivity index (χ4n) is 1.10. The second-order valence-corrected chi connectivity index (χ2v) is 3.31. The molecular formula is C13H16O4. The Labute approximate surface area is 101 Å². The van der Waals surface area contributed by atoms with Gasteiger partial charge in [0.05, 0.1) is 19.3 Å². The van der Waals surface area contributed by atoms with Crippen molar-refractivity contribution in [1.29, 1.82) is 0 Å². The minimum Gasteiger partial charge on any atom is -0.497 e. The Hall–Kier alpha value is -1.97. The van der Waals surface area contributed by atoms with Crippen molar-refractivity contribution in [3.05, 3.63) is 36.1 Å². The minimum absolute atomic E-state index is 0.354. The van der Waals surface area contributed by atoms with Gasteiger partial charge in [0.1, 0.15) is 17.8 Å². The summed E-state index contributed by atoms with van der Waals surface area (Å²) in [6.45, 7) is 3.75. The largest absolute Gasteiger partial charge is 0.497 e. The monoisotopic (exact) mass is 236 g/mol. The first-order chi connectivity index (χ1) is 8.17. The third-order valence-corrected chi connectivity index (χ3v) is 2.03. The van der Waals surface area contributed by atoms with E-state index >= 15 is 0 Å². The SMILES string of the molecule is CCOC(=O)/C(C)=C/Oc1ccc(OC)cc1. The molecule has 0 atom stereocenters. The molecule has 0 aromatic heterocycles. The van der Waals surface area contributed by atoms with E-state index in [0.29, 0.717) is 17.9 Å². The normalized spacial score (nSPS) is 10.9. The molecule has 0 aliphatic carbocycles. The average molecular weight is 236 g/mol. The van der Waals surface area contributed by atoms with E-state index in [1.165, 1.54) is 6.26 Å². The van der Waals surface area contributed by atoms with Gasteiger partial charge < -0.3 is 14.2 Å². The first kappa shape index (κ1) is 13.1. The van der Waals surface area contributed by atoms with Crippen LogP contribution in [0.5, 0.6) is 11.5 Å². The maximum atomic E-state index is 11.3. The maximum absolute atomic E-state index is 11.3. The van der Waals surface area contributed by atoms with Crippen LogP contribution >= 0.6 is 0 Å². The molecule has 0 heterocycles. The molecule has 0 radical (unpaired) electrons. The molecule has 0 aliphatic rings. The van der Waals surface area contributed by atoms with Crippen LogP contribution in [0.2, 0.25) is 0 Å². The summed E-state index contributed by atoms with van der Waals surface area (Å²) in [7, 11) is 1.60. The molecule has 0 fully saturated rings. The Bertz CT molecular complexity index is 392. The summed E-state index contributed by atoms with van der Waals surface area (Å²) in [4.78, 5) is 11.3. The van der Waals surface area contributed by atoms with Gasteiger partial charge in [-0.15, -0.1) is 0 Å². The van der Waals surface area contributed by atoms with Crippen molar-refractivity contribution in [3.63, 3.8) is 0 Å². The van der Waals surface area contributed by atoms with Gasteiger partial charge in [-0.3, -0.25) is 0 Å². The summed E-state index contributed by atoms with van der Waals surface area (Å²) in [6, 6.07) is 7.08. The van der Waals surface area contributed by atoms with Gasteiger partial charge in [-0.2, -0.15) is 0 Å². The molecule has 4 nitrogen and oxygen atoms in total. The van der Waals surface area contributed by atoms with E-state index < -0.39 is 0 Å². The van der Waals surface area contributed by atoms with Crippen LogP contribution in [-0.4, -0.2) is 19.7 Å². The molecule has 0 saturated heterocycles. The highest BCUT2D eigenvalue weighted by Crippen LogP contribution is 2.17. The molecule has 1 rings (SSSR count). The predicted molar refractivity (Wildman–Crippen MR) is 64.0 cm³/mol. The first-order valence-corrected chi connectivity index (χ1v) is 5.32. The lowest BCUT2D eigenvalue weighted by Crippen LogP contribution is -2.06. The van der Waals surface area contributed by atoms with Gasteiger partial charge in [0, 0.05) is 0 Å². The van der Waals surface area contributed by atoms with Gasteiger partial charge in [0.15, 0.2) is 0 Å². The zero-order valence-corrected chi connectivity index (χ0v) is 10.2. The topological polar surface area (TPSA) is 44.8 Å². The lowest BCUT2D eigenvalue weighted by molar-refractivity contribution is -0.138. The Morgan fingerprint density at radius 2 is 1.82 bits per heavy atom. The number of methoxy groups -OCH3 is 1. The number of benzene rings is 1. The summed E-state index contributed by atoms with van der Waals surface area (Å²) < 4.78 is 15.2. The zero-order valence-electron chi connectivity index (χ0n) is 10.2. The Morgan fingerprint density at radius 1 is 1.24 bits per heavy atom. The number of esters is 1. The van der Waals surface area contributed by atoms with Crippen molar-refractivity contribution in [1.82, 2.24) is 0 Å². The maximum Gasteiger partial charge on any atom is 0.336 e. The third-order valence-electron chi connectivity index (χ3n) is 2.03. The van der Waals surface area contributed by atoms with Crippen LogP contribution in [0.4, 0.5) is 0 Å². The molecule has 4 heteroatoms. The summed E-state index contributed by atoms with van der Waals surface area (Å²) in [6.07, 6.45) is 1.37. The van der Waals surface area contributed by atoms with Gasteiger partial charge in [-0.25, -0.2) is 4.79 Å². The Kier molecular flexibility index (Phi) is 5.07. The molecule has 92 valence electrons. The van der Waals surface area contributed by atoms with Crippen molar-refractivity contribution in [2.24, 2.45) is 0 Å². The van der Waals surface area contributed by atoms with Gasteiger partial charge in [0.25, 0.3) is 0 Å². The van der Waals surface area contributed by atoms with E-state index in [-0.39, 0.29) is 5.97 Å². The van der Waals surface area contributed by atoms with E-state index in [4.69, 9.17) is 14.2 Å². The number of ether oxygens (including phenoxy) is 3. The summed E-state index contributed by atoms with van der Waals surface area (Å²) in [5.74, 6) is 1.01. The van der Waals surface area contributed by atoms with E-state index in [1.54, 1.807) is 45.2 Å². The Balaban J connectivity index is 2.59. The highest BCUT2D eigenvalue weighted by atomic mass is 16.5. The van der Waals surface area contributed by atoms with Crippen LogP contribution in [-0.2, 0) is 9.53 Å². The smallest absolute Gasteiger partial charge is 0.336 e. The molecule has 0 unspecified atom stereocenters. The number of rotatable bonds is 5. The second kappa shape index (κ2) is 6.58. The van der Waals surface area contributed by atoms with Crippen molar-refractivity contribution in [3.8, 4) is 11.5 Å². The van der Waals surface area contributed by atoms with Crippen LogP contribution in [0.25, 0.3) is 0 Å². The molecule has 0 spiro atoms. The van der Waals surface area contributed by atoms with Crippen LogP contribution in [0, 0.1) is 0 Å².